The number of aliphatic hydroxyl groups excluding tert-OH is 15. The molecule has 10 rings (SSSR count). The summed E-state index contributed by atoms with van der Waals surface area (Å²) in [6.07, 6.45) is -29.3. The minimum Gasteiger partial charge on any atom is -0.432 e. The first kappa shape index (κ1) is 65.2. The van der Waals surface area contributed by atoms with Crippen molar-refractivity contribution in [3.8, 4) is 0 Å². The second-order valence-corrected chi connectivity index (χ2v) is 28.0. The van der Waals surface area contributed by atoms with Gasteiger partial charge in [0.25, 0.3) is 0 Å². The van der Waals surface area contributed by atoms with Crippen LogP contribution in [0.15, 0.2) is 11.6 Å². The second kappa shape index (κ2) is 24.1. The molecule has 26 nitrogen and oxygen atoms in total. The maximum atomic E-state index is 15.4. The molecule has 5 saturated heterocycles. The van der Waals surface area contributed by atoms with E-state index in [0.717, 1.165) is 12.0 Å². The van der Waals surface area contributed by atoms with Gasteiger partial charge in [-0.25, -0.2) is 0 Å². The second-order valence-electron chi connectivity index (χ2n) is 28.0. The van der Waals surface area contributed by atoms with Crippen LogP contribution in [0.4, 0.5) is 0 Å². The third-order valence-corrected chi connectivity index (χ3v) is 22.9. The third-order valence-electron chi connectivity index (χ3n) is 22.9. The fourth-order valence-corrected chi connectivity index (χ4v) is 17.4. The highest BCUT2D eigenvalue weighted by Crippen LogP contribution is 2.76. The predicted octanol–water partition coefficient (Wildman–Crippen LogP) is -2.93. The van der Waals surface area contributed by atoms with Gasteiger partial charge in [-0.05, 0) is 111 Å². The summed E-state index contributed by atoms with van der Waals surface area (Å²) in [5.74, 6) is -0.960. The molecule has 5 heterocycles. The molecule has 0 spiro atoms. The van der Waals surface area contributed by atoms with Crippen LogP contribution in [0.1, 0.15) is 113 Å². The molecule has 0 bridgehead atoms. The van der Waals surface area contributed by atoms with Crippen molar-refractivity contribution in [2.24, 2.45) is 50.2 Å². The molecule has 0 radical (unpaired) electrons. The summed E-state index contributed by atoms with van der Waals surface area (Å²) in [7, 11) is 0. The Hall–Kier alpha value is -1.75. The first-order chi connectivity index (χ1) is 39.4. The fraction of sp³-hybridized carbons (Fsp3) is 0.948. The van der Waals surface area contributed by atoms with E-state index in [-0.39, 0.29) is 47.2 Å². The van der Waals surface area contributed by atoms with Crippen molar-refractivity contribution in [2.45, 2.75) is 260 Å². The van der Waals surface area contributed by atoms with Crippen LogP contribution in [0, 0.1) is 50.2 Å². The van der Waals surface area contributed by atoms with Gasteiger partial charge >= 0.3 is 5.97 Å². The van der Waals surface area contributed by atoms with Crippen LogP contribution in [0.25, 0.3) is 0 Å². The van der Waals surface area contributed by atoms with Gasteiger partial charge in [0.1, 0.15) is 97.7 Å². The van der Waals surface area contributed by atoms with E-state index in [1.165, 1.54) is 6.92 Å². The number of aliphatic hydroxyl groups is 15. The third kappa shape index (κ3) is 10.8. The molecular weight excluding hydrogens is 1110 g/mol. The molecule has 4 saturated carbocycles. The summed E-state index contributed by atoms with van der Waals surface area (Å²) >= 11 is 0. The van der Waals surface area contributed by atoms with Crippen LogP contribution in [-0.2, 0) is 52.2 Å². The Labute approximate surface area is 488 Å². The van der Waals surface area contributed by atoms with Crippen LogP contribution in [0.2, 0.25) is 0 Å². The lowest BCUT2D eigenvalue weighted by Gasteiger charge is -2.71. The smallest absolute Gasteiger partial charge is 0.315 e. The Kier molecular flexibility index (Phi) is 18.7. The number of hydrogen-bond donors (Lipinski definition) is 15. The van der Waals surface area contributed by atoms with Gasteiger partial charge in [0.05, 0.1) is 50.7 Å². The van der Waals surface area contributed by atoms with Gasteiger partial charge in [-0.1, -0.05) is 53.2 Å². The van der Waals surface area contributed by atoms with E-state index in [4.69, 9.17) is 47.4 Å². The van der Waals surface area contributed by atoms with Crippen molar-refractivity contribution in [2.75, 3.05) is 33.0 Å². The van der Waals surface area contributed by atoms with E-state index in [1.807, 2.05) is 6.92 Å². The topological polar surface area (TPSA) is 413 Å². The molecule has 482 valence electrons. The number of carbonyl (C=O) groups excluding carboxylic acids is 1. The van der Waals surface area contributed by atoms with Crippen LogP contribution in [0.5, 0.6) is 0 Å². The van der Waals surface area contributed by atoms with E-state index in [0.29, 0.717) is 57.8 Å². The van der Waals surface area contributed by atoms with Crippen LogP contribution in [0.3, 0.4) is 0 Å². The standard InChI is InChI=1S/C58H94O26/c1-24-34(64)44(81-47-41(71)35(65)27(62)21-75-47)43(73)49(77-24)82-45-36(66)28(63)22-76-50(45)80-33-11-12-54(4)31(55(33,5)23-61)10-13-57(7)32(54)9-8-25-26-18-53(2,3)14-16-58(26,17-15-56(25,57)6)52(74)84-51-46(40(70)38(68)30(20-60)79-51)83-48-42(72)39(69)37(67)29(19-59)78-48/h8,24,26-51,59-73H,9-23H2,1-7H3. The molecule has 0 amide bonds. The van der Waals surface area contributed by atoms with E-state index in [9.17, 15) is 76.6 Å². The zero-order valence-corrected chi connectivity index (χ0v) is 49.0. The Balaban J connectivity index is 0.878. The van der Waals surface area contributed by atoms with E-state index in [2.05, 4.69) is 40.7 Å². The minimum atomic E-state index is -1.90. The number of rotatable bonds is 13. The number of allylic oxidation sites excluding steroid dienone is 2. The highest BCUT2D eigenvalue weighted by Gasteiger charge is 2.71. The van der Waals surface area contributed by atoms with Gasteiger partial charge in [0, 0.05) is 5.41 Å². The van der Waals surface area contributed by atoms with Gasteiger partial charge in [-0.15, -0.1) is 0 Å². The van der Waals surface area contributed by atoms with Crippen molar-refractivity contribution >= 4 is 5.97 Å². The Bertz CT molecular complexity index is 2330. The van der Waals surface area contributed by atoms with E-state index in [1.54, 1.807) is 0 Å². The minimum absolute atomic E-state index is 0.0875. The van der Waals surface area contributed by atoms with Crippen LogP contribution < -0.4 is 0 Å². The maximum absolute atomic E-state index is 15.4. The lowest BCUT2D eigenvalue weighted by molar-refractivity contribution is -0.379. The Morgan fingerprint density at radius 3 is 1.77 bits per heavy atom. The Morgan fingerprint density at radius 1 is 0.548 bits per heavy atom. The van der Waals surface area contributed by atoms with Gasteiger partial charge in [0.2, 0.25) is 6.29 Å². The van der Waals surface area contributed by atoms with Crippen molar-refractivity contribution in [3.63, 3.8) is 0 Å². The molecule has 26 heteroatoms. The summed E-state index contributed by atoms with van der Waals surface area (Å²) in [5, 5.41) is 162. The fourth-order valence-electron chi connectivity index (χ4n) is 17.4. The summed E-state index contributed by atoms with van der Waals surface area (Å²) in [4.78, 5) is 15.4. The summed E-state index contributed by atoms with van der Waals surface area (Å²) in [6.45, 7) is 12.3. The average Bonchev–Trinajstić information content (AvgIpc) is 1.08. The molecule has 9 fully saturated rings. The lowest BCUT2D eigenvalue weighted by atomic mass is 9.33. The van der Waals surface area contributed by atoms with Gasteiger partial charge in [-0.2, -0.15) is 0 Å². The van der Waals surface area contributed by atoms with Gasteiger partial charge < -0.3 is 124 Å². The zero-order chi connectivity index (χ0) is 61.1. The number of carbonyl (C=O) groups is 1. The number of fused-ring (bicyclic) bond motifs is 7. The first-order valence-electron chi connectivity index (χ1n) is 30.2. The van der Waals surface area contributed by atoms with E-state index < -0.39 is 189 Å². The van der Waals surface area contributed by atoms with Crippen molar-refractivity contribution < 1.29 is 129 Å². The SMILES string of the molecule is CC1OC(OC2C(OC3CCC4(C)C(CCC5(C)C4CC=C4C6CC(C)(C)CCC6(C(=O)OC6OC(CO)C(O)C(O)C6OC6OC(CO)C(O)C(O)C6O)CCC45C)C3(C)CO)OCC(O)C2O)C(O)C(OC2OCC(O)C(O)C2O)C1O. The zero-order valence-electron chi connectivity index (χ0n) is 49.0. The summed E-state index contributed by atoms with van der Waals surface area (Å²) in [6, 6.07) is 0. The largest absolute Gasteiger partial charge is 0.432 e. The van der Waals surface area contributed by atoms with Crippen molar-refractivity contribution in [1.29, 1.82) is 0 Å². The number of esters is 1. The van der Waals surface area contributed by atoms with Crippen molar-refractivity contribution in [1.82, 2.24) is 0 Å². The van der Waals surface area contributed by atoms with Gasteiger partial charge in [0.15, 0.2) is 31.3 Å². The number of hydrogen-bond acceptors (Lipinski definition) is 26. The summed E-state index contributed by atoms with van der Waals surface area (Å²) < 4.78 is 60.0. The first-order valence-corrected chi connectivity index (χ1v) is 30.2. The molecule has 0 aromatic carbocycles. The van der Waals surface area contributed by atoms with Crippen LogP contribution >= 0.6 is 0 Å². The van der Waals surface area contributed by atoms with Crippen molar-refractivity contribution in [3.05, 3.63) is 11.6 Å². The lowest BCUT2D eigenvalue weighted by Crippen LogP contribution is -2.67. The molecule has 32 unspecified atom stereocenters. The quantitative estimate of drug-likeness (QED) is 0.0499. The van der Waals surface area contributed by atoms with Gasteiger partial charge in [-0.3, -0.25) is 4.79 Å². The highest BCUT2D eigenvalue weighted by molar-refractivity contribution is 5.79. The molecule has 32 atom stereocenters. The number of ether oxygens (including phenoxy) is 10. The average molecular weight is 1210 g/mol. The molecule has 10 aliphatic rings. The monoisotopic (exact) mass is 1210 g/mol. The molecule has 0 aromatic heterocycles. The Morgan fingerprint density at radius 2 is 1.12 bits per heavy atom. The normalized spacial score (nSPS) is 54.9. The molecular formula is C58H94O26. The molecule has 5 aliphatic heterocycles. The van der Waals surface area contributed by atoms with Crippen LogP contribution in [-0.4, -0.2) is 263 Å². The molecule has 0 aromatic rings. The predicted molar refractivity (Wildman–Crippen MR) is 283 cm³/mol. The molecule has 15 N–H and O–H groups in total. The molecule has 84 heavy (non-hydrogen) atoms. The maximum Gasteiger partial charge on any atom is 0.315 e. The highest BCUT2D eigenvalue weighted by atomic mass is 16.8. The molecule has 5 aliphatic carbocycles. The van der Waals surface area contributed by atoms with E-state index >= 15 is 4.79 Å². The summed E-state index contributed by atoms with van der Waals surface area (Å²) in [5.41, 5.74) is -2.13.